The highest BCUT2D eigenvalue weighted by Crippen LogP contribution is 2.24. The van der Waals surface area contributed by atoms with Gasteiger partial charge in [-0.25, -0.2) is 0 Å². The number of likely N-dealkylation sites (tertiary alicyclic amines) is 1. The smallest absolute Gasteiger partial charge is 0.313 e. The quantitative estimate of drug-likeness (QED) is 0.846. The fraction of sp³-hybridized carbons (Fsp3) is 0.579. The van der Waals surface area contributed by atoms with E-state index in [1.807, 2.05) is 24.3 Å². The first-order chi connectivity index (χ1) is 10.8. The summed E-state index contributed by atoms with van der Waals surface area (Å²) in [5, 5.41) is 2.73. The topological polar surface area (TPSA) is 49.4 Å². The molecule has 0 aliphatic carbocycles. The van der Waals surface area contributed by atoms with E-state index >= 15 is 0 Å². The van der Waals surface area contributed by atoms with E-state index in [4.69, 9.17) is 0 Å². The number of nitrogens with zero attached hydrogens (tertiary/aromatic N) is 1. The third-order valence-electron chi connectivity index (χ3n) is 4.56. The van der Waals surface area contributed by atoms with Gasteiger partial charge in [-0.05, 0) is 48.8 Å². The molecule has 23 heavy (non-hydrogen) atoms. The van der Waals surface area contributed by atoms with Crippen molar-refractivity contribution in [3.05, 3.63) is 29.8 Å². The summed E-state index contributed by atoms with van der Waals surface area (Å²) in [4.78, 5) is 26.4. The molecule has 4 nitrogen and oxygen atoms in total. The van der Waals surface area contributed by atoms with E-state index in [2.05, 4.69) is 33.0 Å². The second-order valence-corrected chi connectivity index (χ2v) is 7.34. The Labute approximate surface area is 139 Å². The lowest BCUT2D eigenvalue weighted by molar-refractivity contribution is -0.145. The van der Waals surface area contributed by atoms with Crippen LogP contribution in [0.3, 0.4) is 0 Å². The summed E-state index contributed by atoms with van der Waals surface area (Å²) in [7, 11) is 0. The summed E-state index contributed by atoms with van der Waals surface area (Å²) in [6, 6.07) is 7.91. The van der Waals surface area contributed by atoms with Gasteiger partial charge >= 0.3 is 11.8 Å². The van der Waals surface area contributed by atoms with Gasteiger partial charge in [0, 0.05) is 18.3 Å². The normalized spacial score (nSPS) is 18.6. The average molecular weight is 316 g/mol. The lowest BCUT2D eigenvalue weighted by Gasteiger charge is -2.34. The number of amides is 2. The first-order valence-electron chi connectivity index (χ1n) is 8.55. The zero-order valence-electron chi connectivity index (χ0n) is 14.7. The fourth-order valence-electron chi connectivity index (χ4n) is 3.06. The fourth-order valence-corrected chi connectivity index (χ4v) is 3.06. The number of carbonyl (C=O) groups is 2. The number of carbonyl (C=O) groups excluding carboxylic acids is 2. The largest absolute Gasteiger partial charge is 0.331 e. The first kappa shape index (κ1) is 17.5. The molecule has 1 aromatic carbocycles. The standard InChI is InChI=1S/C19H28N2O2/c1-5-16-8-6-7-13-21(16)18(23)17(22)20-15-11-9-14(10-12-15)19(2,3)4/h9-12,16H,5-8,13H2,1-4H3,(H,20,22). The maximum absolute atomic E-state index is 12.4. The van der Waals surface area contributed by atoms with Crippen molar-refractivity contribution in [3.8, 4) is 0 Å². The summed E-state index contributed by atoms with van der Waals surface area (Å²) in [5.74, 6) is -0.940. The predicted molar refractivity (Wildman–Crippen MR) is 93.4 cm³/mol. The number of piperidine rings is 1. The molecule has 1 N–H and O–H groups in total. The second-order valence-electron chi connectivity index (χ2n) is 7.34. The molecule has 0 bridgehead atoms. The van der Waals surface area contributed by atoms with E-state index < -0.39 is 11.8 Å². The van der Waals surface area contributed by atoms with E-state index in [-0.39, 0.29) is 11.5 Å². The van der Waals surface area contributed by atoms with E-state index in [0.29, 0.717) is 12.2 Å². The molecule has 1 atom stereocenters. The molecule has 0 aromatic heterocycles. The Balaban J connectivity index is 2.02. The molecule has 1 aliphatic heterocycles. The van der Waals surface area contributed by atoms with Gasteiger partial charge in [0.25, 0.3) is 0 Å². The molecule has 1 fully saturated rings. The summed E-state index contributed by atoms with van der Waals surface area (Å²) >= 11 is 0. The summed E-state index contributed by atoms with van der Waals surface area (Å²) in [5.41, 5.74) is 1.94. The zero-order chi connectivity index (χ0) is 17.0. The maximum atomic E-state index is 12.4. The molecule has 1 heterocycles. The number of hydrogen-bond acceptors (Lipinski definition) is 2. The van der Waals surface area contributed by atoms with Gasteiger partial charge in [-0.1, -0.05) is 39.8 Å². The van der Waals surface area contributed by atoms with Crippen LogP contribution in [0.1, 0.15) is 58.9 Å². The number of hydrogen-bond donors (Lipinski definition) is 1. The Kier molecular flexibility index (Phi) is 5.45. The molecular formula is C19H28N2O2. The van der Waals surface area contributed by atoms with Crippen LogP contribution in [-0.4, -0.2) is 29.3 Å². The van der Waals surface area contributed by atoms with Crippen LogP contribution in [0.15, 0.2) is 24.3 Å². The molecule has 1 aromatic rings. The lowest BCUT2D eigenvalue weighted by Crippen LogP contribution is -2.48. The molecule has 1 aliphatic rings. The van der Waals surface area contributed by atoms with Gasteiger partial charge < -0.3 is 10.2 Å². The number of benzene rings is 1. The Hall–Kier alpha value is -1.84. The molecule has 4 heteroatoms. The minimum absolute atomic E-state index is 0.0699. The van der Waals surface area contributed by atoms with Crippen LogP contribution in [0.4, 0.5) is 5.69 Å². The predicted octanol–water partition coefficient (Wildman–Crippen LogP) is 3.71. The van der Waals surface area contributed by atoms with E-state index in [9.17, 15) is 9.59 Å². The van der Waals surface area contributed by atoms with Crippen molar-refractivity contribution < 1.29 is 9.59 Å². The number of nitrogens with one attached hydrogen (secondary N) is 1. The van der Waals surface area contributed by atoms with Crippen LogP contribution in [0, 0.1) is 0 Å². The lowest BCUT2D eigenvalue weighted by atomic mass is 9.87. The maximum Gasteiger partial charge on any atom is 0.313 e. The number of rotatable bonds is 2. The van der Waals surface area contributed by atoms with Crippen LogP contribution in [0.5, 0.6) is 0 Å². The molecule has 1 unspecified atom stereocenters. The van der Waals surface area contributed by atoms with Crippen molar-refractivity contribution in [1.29, 1.82) is 0 Å². The summed E-state index contributed by atoms with van der Waals surface area (Å²) in [6.07, 6.45) is 4.02. The first-order valence-corrected chi connectivity index (χ1v) is 8.55. The van der Waals surface area contributed by atoms with Gasteiger partial charge in [-0.15, -0.1) is 0 Å². The van der Waals surface area contributed by atoms with Crippen molar-refractivity contribution in [2.45, 2.75) is 64.8 Å². The molecule has 0 radical (unpaired) electrons. The van der Waals surface area contributed by atoms with Crippen molar-refractivity contribution in [1.82, 2.24) is 4.90 Å². The molecule has 1 saturated heterocycles. The Bertz CT molecular complexity index is 558. The van der Waals surface area contributed by atoms with Crippen molar-refractivity contribution in [3.63, 3.8) is 0 Å². The van der Waals surface area contributed by atoms with Gasteiger partial charge in [0.05, 0.1) is 0 Å². The van der Waals surface area contributed by atoms with Crippen LogP contribution < -0.4 is 5.32 Å². The molecular weight excluding hydrogens is 288 g/mol. The van der Waals surface area contributed by atoms with Crippen LogP contribution in [-0.2, 0) is 15.0 Å². The Morgan fingerprint density at radius 3 is 2.39 bits per heavy atom. The third kappa shape index (κ3) is 4.34. The average Bonchev–Trinajstić information content (AvgIpc) is 2.53. The molecule has 2 amide bonds. The van der Waals surface area contributed by atoms with Crippen molar-refractivity contribution in [2.75, 3.05) is 11.9 Å². The van der Waals surface area contributed by atoms with Crippen LogP contribution >= 0.6 is 0 Å². The van der Waals surface area contributed by atoms with Gasteiger partial charge in [0.1, 0.15) is 0 Å². The molecule has 0 spiro atoms. The van der Waals surface area contributed by atoms with Crippen molar-refractivity contribution >= 4 is 17.5 Å². The Morgan fingerprint density at radius 2 is 1.83 bits per heavy atom. The number of anilines is 1. The SMILES string of the molecule is CCC1CCCCN1C(=O)C(=O)Nc1ccc(C(C)(C)C)cc1. The molecule has 126 valence electrons. The van der Waals surface area contributed by atoms with Crippen LogP contribution in [0.25, 0.3) is 0 Å². The highest BCUT2D eigenvalue weighted by Gasteiger charge is 2.29. The van der Waals surface area contributed by atoms with Gasteiger partial charge in [-0.3, -0.25) is 9.59 Å². The van der Waals surface area contributed by atoms with Gasteiger partial charge in [0.15, 0.2) is 0 Å². The van der Waals surface area contributed by atoms with Crippen LogP contribution in [0.2, 0.25) is 0 Å². The Morgan fingerprint density at radius 1 is 1.17 bits per heavy atom. The van der Waals surface area contributed by atoms with E-state index in [1.54, 1.807) is 4.90 Å². The van der Waals surface area contributed by atoms with E-state index in [1.165, 1.54) is 5.56 Å². The third-order valence-corrected chi connectivity index (χ3v) is 4.56. The van der Waals surface area contributed by atoms with Gasteiger partial charge in [-0.2, -0.15) is 0 Å². The van der Waals surface area contributed by atoms with Crippen molar-refractivity contribution in [2.24, 2.45) is 0 Å². The zero-order valence-corrected chi connectivity index (χ0v) is 14.7. The highest BCUT2D eigenvalue weighted by atomic mass is 16.2. The van der Waals surface area contributed by atoms with Gasteiger partial charge in [0.2, 0.25) is 0 Å². The van der Waals surface area contributed by atoms with E-state index in [0.717, 1.165) is 25.7 Å². The molecule has 0 saturated carbocycles. The minimum Gasteiger partial charge on any atom is -0.331 e. The molecule has 2 rings (SSSR count). The monoisotopic (exact) mass is 316 g/mol. The summed E-state index contributed by atoms with van der Waals surface area (Å²) in [6.45, 7) is 9.19. The highest BCUT2D eigenvalue weighted by molar-refractivity contribution is 6.39. The second kappa shape index (κ2) is 7.16. The summed E-state index contributed by atoms with van der Waals surface area (Å²) < 4.78 is 0. The minimum atomic E-state index is -0.533.